The fourth-order valence-corrected chi connectivity index (χ4v) is 1.55. The van der Waals surface area contributed by atoms with E-state index in [0.717, 1.165) is 0 Å². The summed E-state index contributed by atoms with van der Waals surface area (Å²) < 4.78 is 23.6. The third kappa shape index (κ3) is 1.82. The summed E-state index contributed by atoms with van der Waals surface area (Å²) in [6.07, 6.45) is -4.17. The molecule has 0 aliphatic carbocycles. The Morgan fingerprint density at radius 3 is 2.33 bits per heavy atom. The Morgan fingerprint density at radius 1 is 1.25 bits per heavy atom. The second-order valence-corrected chi connectivity index (χ2v) is 3.54. The summed E-state index contributed by atoms with van der Waals surface area (Å²) in [5, 5.41) is 27.1. The topological polar surface area (TPSA) is 107 Å². The molecule has 1 saturated heterocycles. The van der Waals surface area contributed by atoms with E-state index in [0.29, 0.717) is 0 Å². The van der Waals surface area contributed by atoms with Crippen LogP contribution in [0.15, 0.2) is 0 Å². The zero-order chi connectivity index (χ0) is 9.30. The highest BCUT2D eigenvalue weighted by atomic mass is 32.2. The van der Waals surface area contributed by atoms with Gasteiger partial charge in [0.15, 0.2) is 16.5 Å². The van der Waals surface area contributed by atoms with E-state index in [2.05, 4.69) is 4.74 Å². The van der Waals surface area contributed by atoms with E-state index < -0.39 is 34.8 Å². The molecule has 0 aromatic carbocycles. The van der Waals surface area contributed by atoms with Gasteiger partial charge in [-0.25, -0.2) is 4.21 Å². The average Bonchev–Trinajstić information content (AvgIpc) is 2.00. The molecule has 1 rings (SSSR count). The van der Waals surface area contributed by atoms with Gasteiger partial charge < -0.3 is 24.6 Å². The lowest BCUT2D eigenvalue weighted by Crippen LogP contribution is -2.54. The number of ether oxygens (including phenoxy) is 1. The van der Waals surface area contributed by atoms with Gasteiger partial charge in [-0.2, -0.15) is 0 Å². The lowest BCUT2D eigenvalue weighted by molar-refractivity contribution is -0.163. The summed E-state index contributed by atoms with van der Waals surface area (Å²) in [6, 6.07) is 0. The third-order valence-electron chi connectivity index (χ3n) is 1.65. The number of aliphatic hydroxyl groups is 3. The van der Waals surface area contributed by atoms with E-state index in [9.17, 15) is 4.21 Å². The minimum absolute atomic E-state index is 0.255. The maximum Gasteiger partial charge on any atom is 0.186 e. The van der Waals surface area contributed by atoms with E-state index in [4.69, 9.17) is 19.9 Å². The number of hydrogen-bond acceptors (Lipinski definition) is 5. The smallest absolute Gasteiger partial charge is 0.186 e. The Hall–Kier alpha value is -0.0500. The predicted molar refractivity (Wildman–Crippen MR) is 38.5 cm³/mol. The van der Waals surface area contributed by atoms with Crippen LogP contribution >= 0.6 is 0 Å². The van der Waals surface area contributed by atoms with Gasteiger partial charge in [0.2, 0.25) is 0 Å². The van der Waals surface area contributed by atoms with Crippen LogP contribution in [0.25, 0.3) is 0 Å². The second kappa shape index (κ2) is 3.77. The van der Waals surface area contributed by atoms with Gasteiger partial charge >= 0.3 is 0 Å². The van der Waals surface area contributed by atoms with Crippen molar-refractivity contribution in [3.05, 3.63) is 0 Å². The molecule has 0 saturated carbocycles. The average molecular weight is 198 g/mol. The molecule has 0 amide bonds. The first-order valence-corrected chi connectivity index (χ1v) is 4.46. The molecule has 0 spiro atoms. The first kappa shape index (κ1) is 10.0. The monoisotopic (exact) mass is 198 g/mol. The highest BCUT2D eigenvalue weighted by molar-refractivity contribution is 7.79. The van der Waals surface area contributed by atoms with Crippen molar-refractivity contribution in [3.8, 4) is 0 Å². The van der Waals surface area contributed by atoms with Gasteiger partial charge in [-0.1, -0.05) is 0 Å². The van der Waals surface area contributed by atoms with Crippen molar-refractivity contribution in [2.75, 3.05) is 6.61 Å². The molecular weight excluding hydrogens is 188 g/mol. The van der Waals surface area contributed by atoms with Crippen LogP contribution in [-0.4, -0.2) is 54.4 Å². The van der Waals surface area contributed by atoms with E-state index in [1.54, 1.807) is 0 Å². The summed E-state index contributed by atoms with van der Waals surface area (Å²) in [5.41, 5.74) is -1.34. The van der Waals surface area contributed by atoms with Crippen LogP contribution in [0.5, 0.6) is 0 Å². The molecule has 2 unspecified atom stereocenters. The zero-order valence-corrected chi connectivity index (χ0v) is 6.85. The molecule has 1 fully saturated rings. The van der Waals surface area contributed by atoms with E-state index >= 15 is 0 Å². The Morgan fingerprint density at radius 2 is 1.83 bits per heavy atom. The van der Waals surface area contributed by atoms with Crippen molar-refractivity contribution in [2.45, 2.75) is 23.7 Å². The quantitative estimate of drug-likeness (QED) is 0.351. The van der Waals surface area contributed by atoms with Crippen LogP contribution in [0, 0.1) is 0 Å². The van der Waals surface area contributed by atoms with Crippen LogP contribution in [0.2, 0.25) is 0 Å². The van der Waals surface area contributed by atoms with Gasteiger partial charge in [-0.3, -0.25) is 0 Å². The normalized spacial score (nSPS) is 45.7. The molecule has 1 heterocycles. The van der Waals surface area contributed by atoms with Gasteiger partial charge in [0.05, 0.1) is 6.61 Å². The molecule has 1 aliphatic rings. The first-order valence-electron chi connectivity index (χ1n) is 3.29. The third-order valence-corrected chi connectivity index (χ3v) is 2.47. The minimum Gasteiger partial charge on any atom is -0.388 e. The standard InChI is InChI=1S/C5H10O6S/c6-2-1-11-5(12(9)10)4(8)3(2)7/h2-8H,1H2,(H,9,10)/t2-,3+,4-,5?/m1/s1. The fraction of sp³-hybridized carbons (Fsp3) is 1.00. The van der Waals surface area contributed by atoms with Crippen molar-refractivity contribution < 1.29 is 28.8 Å². The van der Waals surface area contributed by atoms with Gasteiger partial charge in [-0.05, 0) is 0 Å². The van der Waals surface area contributed by atoms with E-state index in [-0.39, 0.29) is 6.61 Å². The zero-order valence-electron chi connectivity index (χ0n) is 6.03. The Kier molecular flexibility index (Phi) is 3.16. The number of hydrogen-bond donors (Lipinski definition) is 4. The Balaban J connectivity index is 2.65. The maximum atomic E-state index is 10.5. The second-order valence-electron chi connectivity index (χ2n) is 2.53. The number of rotatable bonds is 1. The van der Waals surface area contributed by atoms with Crippen molar-refractivity contribution >= 4 is 11.1 Å². The van der Waals surface area contributed by atoms with Crippen molar-refractivity contribution in [2.24, 2.45) is 0 Å². The molecule has 0 aromatic heterocycles. The molecule has 12 heavy (non-hydrogen) atoms. The van der Waals surface area contributed by atoms with Crippen LogP contribution in [0.3, 0.4) is 0 Å². The summed E-state index contributed by atoms with van der Waals surface area (Å²) in [4.78, 5) is 0. The van der Waals surface area contributed by atoms with Crippen molar-refractivity contribution in [1.29, 1.82) is 0 Å². The molecule has 0 aromatic rings. The summed E-state index contributed by atoms with van der Waals surface area (Å²) in [5.74, 6) is 0. The summed E-state index contributed by atoms with van der Waals surface area (Å²) in [7, 11) is 0. The first-order chi connectivity index (χ1) is 5.54. The molecule has 1 aliphatic heterocycles. The summed E-state index contributed by atoms with van der Waals surface area (Å²) >= 11 is -2.36. The predicted octanol–water partition coefficient (Wildman–Crippen LogP) is -2.35. The molecule has 6 nitrogen and oxygen atoms in total. The van der Waals surface area contributed by atoms with Crippen LogP contribution in [-0.2, 0) is 15.8 Å². The van der Waals surface area contributed by atoms with Gasteiger partial charge in [0, 0.05) is 0 Å². The highest BCUT2D eigenvalue weighted by Crippen LogP contribution is 2.16. The van der Waals surface area contributed by atoms with Crippen molar-refractivity contribution in [1.82, 2.24) is 0 Å². The maximum absolute atomic E-state index is 10.5. The van der Waals surface area contributed by atoms with Gasteiger partial charge in [0.1, 0.15) is 18.3 Å². The molecule has 4 N–H and O–H groups in total. The summed E-state index contributed by atoms with van der Waals surface area (Å²) in [6.45, 7) is -0.255. The van der Waals surface area contributed by atoms with Crippen molar-refractivity contribution in [3.63, 3.8) is 0 Å². The Bertz CT molecular complexity index is 185. The van der Waals surface area contributed by atoms with E-state index in [1.165, 1.54) is 0 Å². The number of aliphatic hydroxyl groups excluding tert-OH is 3. The van der Waals surface area contributed by atoms with Gasteiger partial charge in [-0.15, -0.1) is 0 Å². The molecule has 0 radical (unpaired) electrons. The Labute approximate surface area is 71.1 Å². The van der Waals surface area contributed by atoms with E-state index in [1.807, 2.05) is 0 Å². The lowest BCUT2D eigenvalue weighted by atomic mass is 10.1. The molecule has 0 bridgehead atoms. The van der Waals surface area contributed by atoms with Crippen LogP contribution in [0.4, 0.5) is 0 Å². The highest BCUT2D eigenvalue weighted by Gasteiger charge is 2.40. The largest absolute Gasteiger partial charge is 0.388 e. The molecule has 72 valence electrons. The molecular formula is C5H10O6S. The molecule has 5 atom stereocenters. The SMILES string of the molecule is O=S(O)C1OC[C@@H](O)[C@H](O)[C@H]1O. The van der Waals surface area contributed by atoms with Crippen LogP contribution in [0.1, 0.15) is 0 Å². The fourth-order valence-electron chi connectivity index (χ4n) is 0.957. The minimum atomic E-state index is -2.36. The molecule has 7 heteroatoms. The van der Waals surface area contributed by atoms with Crippen LogP contribution < -0.4 is 0 Å². The van der Waals surface area contributed by atoms with Gasteiger partial charge in [0.25, 0.3) is 0 Å². The lowest BCUT2D eigenvalue weighted by Gasteiger charge is -2.32.